The summed E-state index contributed by atoms with van der Waals surface area (Å²) < 4.78 is 13.4. The van der Waals surface area contributed by atoms with Crippen LogP contribution in [0.4, 0.5) is 0 Å². The standard InChI is InChI=1S/C34H39NO5S/c1-4-7-29-39-28-17-25-24-11-10-21-16-22(36)12-14-32(21,2)30(24)26(37)18-33(25,3)34(28,40-29)27(38)19-41-31-23-9-6-5-8-20(23)13-15-35-31/h5-6,8-9,12-16,24-26,28-30,37H,4,7,10-11,17-19H2,1-3H3/t24?,25?,26-,28+,29?,30?,32?,33?,34+/m0/s1. The Hall–Kier alpha value is -2.32. The SMILES string of the molecule is CCCC1O[C@@H]2CC3C4CCC5=CC(=O)C=CC5(C)C4[C@@H](O)CC3(C)[C@]2(C(=O)CSc2nccc3ccccc23)O1. The van der Waals surface area contributed by atoms with Crippen LogP contribution in [0.5, 0.6) is 0 Å². The van der Waals surface area contributed by atoms with Gasteiger partial charge in [0.25, 0.3) is 0 Å². The van der Waals surface area contributed by atoms with Crippen molar-refractivity contribution in [2.24, 2.45) is 28.6 Å². The molecule has 2 heterocycles. The number of allylic oxidation sites excluding steroid dienone is 4. The second-order valence-corrected chi connectivity index (χ2v) is 14.2. The molecule has 2 aromatic rings. The number of benzene rings is 1. The van der Waals surface area contributed by atoms with E-state index in [-0.39, 0.29) is 46.6 Å². The maximum atomic E-state index is 14.6. The highest BCUT2D eigenvalue weighted by molar-refractivity contribution is 8.00. The molecule has 216 valence electrons. The minimum Gasteiger partial charge on any atom is -0.393 e. The molecule has 1 saturated heterocycles. The van der Waals surface area contributed by atoms with Crippen LogP contribution in [0, 0.1) is 28.6 Å². The molecule has 6 nitrogen and oxygen atoms in total. The van der Waals surface area contributed by atoms with Crippen LogP contribution in [0.1, 0.15) is 59.3 Å². The molecule has 1 aromatic heterocycles. The first-order valence-electron chi connectivity index (χ1n) is 15.2. The molecule has 0 bridgehead atoms. The first-order chi connectivity index (χ1) is 19.7. The average Bonchev–Trinajstić information content (AvgIpc) is 3.44. The van der Waals surface area contributed by atoms with E-state index in [1.807, 2.05) is 30.3 Å². The van der Waals surface area contributed by atoms with Crippen LogP contribution < -0.4 is 0 Å². The fourth-order valence-corrected chi connectivity index (χ4v) is 10.4. The Morgan fingerprint density at radius 3 is 2.88 bits per heavy atom. The third-order valence-corrected chi connectivity index (χ3v) is 12.2. The smallest absolute Gasteiger partial charge is 0.178 e. The molecule has 1 aromatic carbocycles. The number of Topliss-reactive ketones (excluding diaryl/α,β-unsaturated/α-hetero) is 1. The maximum Gasteiger partial charge on any atom is 0.178 e. The molecule has 9 atom stereocenters. The zero-order valence-corrected chi connectivity index (χ0v) is 24.9. The van der Waals surface area contributed by atoms with Crippen LogP contribution in [0.15, 0.2) is 65.4 Å². The molecule has 0 spiro atoms. The van der Waals surface area contributed by atoms with Crippen LogP contribution in [0.3, 0.4) is 0 Å². The first kappa shape index (κ1) is 27.5. The van der Waals surface area contributed by atoms with Gasteiger partial charge in [0, 0.05) is 28.3 Å². The molecule has 1 aliphatic heterocycles. The molecule has 41 heavy (non-hydrogen) atoms. The number of nitrogens with zero attached hydrogens (tertiary/aromatic N) is 1. The van der Waals surface area contributed by atoms with E-state index in [9.17, 15) is 14.7 Å². The molecule has 0 amide bonds. The molecule has 1 N–H and O–H groups in total. The predicted molar refractivity (Wildman–Crippen MR) is 158 cm³/mol. The number of ketones is 2. The Bertz CT molecular complexity index is 1460. The second-order valence-electron chi connectivity index (χ2n) is 13.2. The number of hydrogen-bond acceptors (Lipinski definition) is 7. The van der Waals surface area contributed by atoms with E-state index in [4.69, 9.17) is 9.47 Å². The van der Waals surface area contributed by atoms with E-state index >= 15 is 0 Å². The largest absolute Gasteiger partial charge is 0.393 e. The van der Waals surface area contributed by atoms with Crippen LogP contribution in [0.2, 0.25) is 0 Å². The number of ether oxygens (including phenoxy) is 2. The Labute approximate surface area is 246 Å². The van der Waals surface area contributed by atoms with Gasteiger partial charge >= 0.3 is 0 Å². The van der Waals surface area contributed by atoms with E-state index in [2.05, 4.69) is 31.8 Å². The third kappa shape index (κ3) is 3.92. The Balaban J connectivity index is 1.23. The maximum absolute atomic E-state index is 14.6. The molecule has 7 rings (SSSR count). The van der Waals surface area contributed by atoms with E-state index in [0.29, 0.717) is 6.42 Å². The predicted octanol–water partition coefficient (Wildman–Crippen LogP) is 6.07. The summed E-state index contributed by atoms with van der Waals surface area (Å²) in [5.41, 5.74) is -0.880. The van der Waals surface area contributed by atoms with Crippen LogP contribution >= 0.6 is 11.8 Å². The Morgan fingerprint density at radius 2 is 2.05 bits per heavy atom. The van der Waals surface area contributed by atoms with Gasteiger partial charge in [0.15, 0.2) is 23.5 Å². The topological polar surface area (TPSA) is 85.7 Å². The molecule has 3 saturated carbocycles. The lowest BCUT2D eigenvalue weighted by Crippen LogP contribution is -2.63. The summed E-state index contributed by atoms with van der Waals surface area (Å²) in [5.74, 6) is 0.703. The fourth-order valence-electron chi connectivity index (χ4n) is 9.45. The summed E-state index contributed by atoms with van der Waals surface area (Å²) >= 11 is 1.47. The number of fused-ring (bicyclic) bond motifs is 8. The van der Waals surface area contributed by atoms with Crippen LogP contribution in [-0.2, 0) is 19.1 Å². The number of hydrogen-bond donors (Lipinski definition) is 1. The molecule has 6 unspecified atom stereocenters. The number of thioether (sulfide) groups is 1. The monoisotopic (exact) mass is 573 g/mol. The number of aromatic nitrogens is 1. The molecule has 0 radical (unpaired) electrons. The molecule has 5 aliphatic rings. The van der Waals surface area contributed by atoms with Crippen molar-refractivity contribution in [3.05, 3.63) is 60.3 Å². The van der Waals surface area contributed by atoms with Gasteiger partial charge in [-0.25, -0.2) is 4.98 Å². The molecule has 4 fully saturated rings. The zero-order valence-electron chi connectivity index (χ0n) is 24.0. The van der Waals surface area contributed by atoms with Crippen molar-refractivity contribution in [2.75, 3.05) is 5.75 Å². The van der Waals surface area contributed by atoms with Gasteiger partial charge < -0.3 is 14.6 Å². The molecule has 4 aliphatic carbocycles. The summed E-state index contributed by atoms with van der Waals surface area (Å²) in [7, 11) is 0. The highest BCUT2D eigenvalue weighted by Crippen LogP contribution is 2.69. The van der Waals surface area contributed by atoms with E-state index < -0.39 is 23.4 Å². The number of carbonyl (C=O) groups excluding carboxylic acids is 2. The van der Waals surface area contributed by atoms with Gasteiger partial charge in [-0.3, -0.25) is 9.59 Å². The van der Waals surface area contributed by atoms with Gasteiger partial charge in [-0.2, -0.15) is 0 Å². The quantitative estimate of drug-likeness (QED) is 0.420. The summed E-state index contributed by atoms with van der Waals surface area (Å²) in [4.78, 5) is 31.4. The van der Waals surface area contributed by atoms with Gasteiger partial charge in [0.2, 0.25) is 0 Å². The van der Waals surface area contributed by atoms with Gasteiger partial charge in [-0.05, 0) is 67.5 Å². The number of carbonyl (C=O) groups is 2. The van der Waals surface area contributed by atoms with Crippen molar-refractivity contribution < 1.29 is 24.2 Å². The lowest BCUT2D eigenvalue weighted by atomic mass is 9.46. The highest BCUT2D eigenvalue weighted by atomic mass is 32.2. The molecular weight excluding hydrogens is 534 g/mol. The lowest BCUT2D eigenvalue weighted by Gasteiger charge is -2.59. The van der Waals surface area contributed by atoms with Crippen molar-refractivity contribution in [2.45, 2.75) is 88.4 Å². The highest BCUT2D eigenvalue weighted by Gasteiger charge is 2.75. The normalized spacial score (nSPS) is 41.0. The second kappa shape index (κ2) is 9.87. The third-order valence-electron chi connectivity index (χ3n) is 11.2. The number of rotatable bonds is 6. The van der Waals surface area contributed by atoms with Gasteiger partial charge in [0.05, 0.1) is 18.0 Å². The molecular formula is C34H39NO5S. The van der Waals surface area contributed by atoms with Crippen molar-refractivity contribution in [3.8, 4) is 0 Å². The minimum atomic E-state index is -1.10. The summed E-state index contributed by atoms with van der Waals surface area (Å²) in [5, 5.41) is 14.9. The van der Waals surface area contributed by atoms with Gasteiger partial charge in [-0.15, -0.1) is 0 Å². The van der Waals surface area contributed by atoms with Gasteiger partial charge in [-0.1, -0.05) is 74.9 Å². The van der Waals surface area contributed by atoms with Crippen LogP contribution in [0.25, 0.3) is 10.8 Å². The van der Waals surface area contributed by atoms with Crippen molar-refractivity contribution in [1.29, 1.82) is 0 Å². The van der Waals surface area contributed by atoms with Crippen LogP contribution in [-0.4, -0.2) is 51.5 Å². The summed E-state index contributed by atoms with van der Waals surface area (Å²) in [6, 6.07) is 10.1. The van der Waals surface area contributed by atoms with E-state index in [1.165, 1.54) is 11.8 Å². The Kier molecular flexibility index (Phi) is 6.62. The van der Waals surface area contributed by atoms with Crippen molar-refractivity contribution >= 4 is 34.1 Å². The van der Waals surface area contributed by atoms with E-state index in [1.54, 1.807) is 18.3 Å². The zero-order chi connectivity index (χ0) is 28.6. The van der Waals surface area contributed by atoms with Gasteiger partial charge in [0.1, 0.15) is 5.03 Å². The number of aliphatic hydroxyl groups is 1. The molecule has 7 heteroatoms. The summed E-state index contributed by atoms with van der Waals surface area (Å²) in [6.45, 7) is 6.47. The number of aliphatic hydroxyl groups excluding tert-OH is 1. The van der Waals surface area contributed by atoms with Crippen molar-refractivity contribution in [3.63, 3.8) is 0 Å². The lowest BCUT2D eigenvalue weighted by molar-refractivity contribution is -0.197. The van der Waals surface area contributed by atoms with E-state index in [0.717, 1.165) is 53.5 Å². The van der Waals surface area contributed by atoms with Crippen molar-refractivity contribution in [1.82, 2.24) is 4.98 Å². The number of pyridine rings is 1. The average molecular weight is 574 g/mol. The first-order valence-corrected chi connectivity index (χ1v) is 16.2. The fraction of sp³-hybridized carbons (Fsp3) is 0.559. The summed E-state index contributed by atoms with van der Waals surface area (Å²) in [6.07, 6.45) is 10.5. The minimum absolute atomic E-state index is 0.00315. The Morgan fingerprint density at radius 1 is 1.22 bits per heavy atom.